The Balaban J connectivity index is 1.81. The number of rotatable bonds is 5. The van der Waals surface area contributed by atoms with Crippen LogP contribution in [0.15, 0.2) is 41.0 Å². The second kappa shape index (κ2) is 7.25. The molecular formula is C14H13BrCl2N2. The molecule has 0 unspecified atom stereocenters. The summed E-state index contributed by atoms with van der Waals surface area (Å²) in [6.07, 6.45) is 0.865. The highest BCUT2D eigenvalue weighted by atomic mass is 79.9. The van der Waals surface area contributed by atoms with Crippen LogP contribution in [0.25, 0.3) is 0 Å². The minimum Gasteiger partial charge on any atom is -0.311 e. The number of hydrogen-bond acceptors (Lipinski definition) is 2. The van der Waals surface area contributed by atoms with Crippen molar-refractivity contribution in [3.8, 4) is 0 Å². The molecule has 1 heterocycles. The van der Waals surface area contributed by atoms with E-state index in [2.05, 4.69) is 26.2 Å². The Labute approximate surface area is 131 Å². The van der Waals surface area contributed by atoms with E-state index in [0.717, 1.165) is 40.4 Å². The number of nitrogens with one attached hydrogen (secondary N) is 1. The van der Waals surface area contributed by atoms with Gasteiger partial charge in [-0.3, -0.25) is 0 Å². The molecule has 0 atom stereocenters. The lowest BCUT2D eigenvalue weighted by Crippen LogP contribution is -2.17. The van der Waals surface area contributed by atoms with Crippen molar-refractivity contribution >= 4 is 39.1 Å². The van der Waals surface area contributed by atoms with Gasteiger partial charge in [0.25, 0.3) is 0 Å². The largest absolute Gasteiger partial charge is 0.311 e. The summed E-state index contributed by atoms with van der Waals surface area (Å²) in [6, 6.07) is 11.5. The quantitative estimate of drug-likeness (QED) is 0.628. The molecule has 19 heavy (non-hydrogen) atoms. The van der Waals surface area contributed by atoms with E-state index in [-0.39, 0.29) is 0 Å². The fraction of sp³-hybridized carbons (Fsp3) is 0.214. The number of benzene rings is 1. The Hall–Kier alpha value is -0.610. The Morgan fingerprint density at radius 1 is 1.16 bits per heavy atom. The van der Waals surface area contributed by atoms with Gasteiger partial charge in [-0.15, -0.1) is 0 Å². The summed E-state index contributed by atoms with van der Waals surface area (Å²) in [5.74, 6) is 0. The Morgan fingerprint density at radius 3 is 2.74 bits per heavy atom. The maximum absolute atomic E-state index is 6.12. The van der Waals surface area contributed by atoms with Crippen LogP contribution in [0.3, 0.4) is 0 Å². The highest BCUT2D eigenvalue weighted by Gasteiger charge is 2.01. The predicted octanol–water partition coefficient (Wildman–Crippen LogP) is 4.48. The van der Waals surface area contributed by atoms with Crippen molar-refractivity contribution < 1.29 is 0 Å². The Kier molecular flexibility index (Phi) is 5.64. The topological polar surface area (TPSA) is 24.9 Å². The molecule has 100 valence electrons. The molecule has 0 fully saturated rings. The number of pyridine rings is 1. The van der Waals surface area contributed by atoms with E-state index < -0.39 is 0 Å². The van der Waals surface area contributed by atoms with Crippen molar-refractivity contribution in [2.24, 2.45) is 0 Å². The number of hydrogen-bond donors (Lipinski definition) is 1. The molecule has 5 heteroatoms. The average molecular weight is 360 g/mol. The van der Waals surface area contributed by atoms with E-state index >= 15 is 0 Å². The smallest absolute Gasteiger partial charge is 0.106 e. The summed E-state index contributed by atoms with van der Waals surface area (Å²) in [5.41, 5.74) is 2.11. The molecule has 0 aliphatic carbocycles. The molecule has 0 saturated heterocycles. The van der Waals surface area contributed by atoms with Gasteiger partial charge in [0.05, 0.1) is 5.69 Å². The van der Waals surface area contributed by atoms with Gasteiger partial charge in [0, 0.05) is 16.6 Å². The van der Waals surface area contributed by atoms with Crippen molar-refractivity contribution in [2.75, 3.05) is 6.54 Å². The summed E-state index contributed by atoms with van der Waals surface area (Å²) < 4.78 is 0.854. The van der Waals surface area contributed by atoms with Crippen LogP contribution in [0.1, 0.15) is 11.3 Å². The van der Waals surface area contributed by atoms with Crippen LogP contribution in [0.2, 0.25) is 10.0 Å². The fourth-order valence-electron chi connectivity index (χ4n) is 1.71. The van der Waals surface area contributed by atoms with Gasteiger partial charge in [-0.1, -0.05) is 35.3 Å². The van der Waals surface area contributed by atoms with Crippen molar-refractivity contribution in [1.29, 1.82) is 0 Å². The molecule has 2 nitrogen and oxygen atoms in total. The van der Waals surface area contributed by atoms with Crippen molar-refractivity contribution in [2.45, 2.75) is 13.0 Å². The first-order valence-corrected chi connectivity index (χ1v) is 7.46. The molecule has 0 radical (unpaired) electrons. The van der Waals surface area contributed by atoms with Gasteiger partial charge in [0.1, 0.15) is 4.60 Å². The van der Waals surface area contributed by atoms with E-state index in [9.17, 15) is 0 Å². The van der Waals surface area contributed by atoms with Crippen LogP contribution in [0.4, 0.5) is 0 Å². The van der Waals surface area contributed by atoms with Gasteiger partial charge >= 0.3 is 0 Å². The SMILES string of the molecule is Clc1ccc(CCNCc2cccc(Br)n2)c(Cl)c1. The summed E-state index contributed by atoms with van der Waals surface area (Å²) in [5, 5.41) is 4.73. The molecule has 0 spiro atoms. The van der Waals surface area contributed by atoms with Crippen LogP contribution in [0.5, 0.6) is 0 Å². The molecular weight excluding hydrogens is 347 g/mol. The lowest BCUT2D eigenvalue weighted by atomic mass is 10.1. The minimum atomic E-state index is 0.667. The van der Waals surface area contributed by atoms with E-state index in [1.165, 1.54) is 0 Å². The first kappa shape index (κ1) is 14.8. The molecule has 1 aromatic heterocycles. The number of aromatic nitrogens is 1. The van der Waals surface area contributed by atoms with Gasteiger partial charge in [-0.05, 0) is 58.7 Å². The minimum absolute atomic E-state index is 0.667. The molecule has 1 N–H and O–H groups in total. The number of halogens is 3. The van der Waals surface area contributed by atoms with Gasteiger partial charge in [-0.25, -0.2) is 4.98 Å². The van der Waals surface area contributed by atoms with Gasteiger partial charge < -0.3 is 5.32 Å². The Bertz CT molecular complexity index is 561. The second-order valence-electron chi connectivity index (χ2n) is 4.11. The molecule has 0 saturated carbocycles. The monoisotopic (exact) mass is 358 g/mol. The second-order valence-corrected chi connectivity index (χ2v) is 5.77. The van der Waals surface area contributed by atoms with Gasteiger partial charge in [-0.2, -0.15) is 0 Å². The molecule has 0 aliphatic heterocycles. The maximum Gasteiger partial charge on any atom is 0.106 e. The molecule has 2 rings (SSSR count). The van der Waals surface area contributed by atoms with Crippen LogP contribution in [-0.2, 0) is 13.0 Å². The van der Waals surface area contributed by atoms with Crippen LogP contribution < -0.4 is 5.32 Å². The summed E-state index contributed by atoms with van der Waals surface area (Å²) in [6.45, 7) is 1.58. The highest BCUT2D eigenvalue weighted by Crippen LogP contribution is 2.21. The third-order valence-corrected chi connectivity index (χ3v) is 3.69. The summed E-state index contributed by atoms with van der Waals surface area (Å²) >= 11 is 15.3. The zero-order valence-electron chi connectivity index (χ0n) is 10.2. The molecule has 0 aliphatic rings. The standard InChI is InChI=1S/C14H13BrCl2N2/c15-14-3-1-2-12(19-14)9-18-7-6-10-4-5-11(16)8-13(10)17/h1-5,8,18H,6-7,9H2. The fourth-order valence-corrected chi connectivity index (χ4v) is 2.60. The molecule has 0 bridgehead atoms. The predicted molar refractivity (Wildman–Crippen MR) is 83.8 cm³/mol. The molecule has 0 amide bonds. The normalized spacial score (nSPS) is 10.7. The van der Waals surface area contributed by atoms with Gasteiger partial charge in [0.2, 0.25) is 0 Å². The zero-order chi connectivity index (χ0) is 13.7. The third-order valence-electron chi connectivity index (χ3n) is 2.67. The number of nitrogens with zero attached hydrogens (tertiary/aromatic N) is 1. The van der Waals surface area contributed by atoms with Crippen molar-refractivity contribution in [3.63, 3.8) is 0 Å². The van der Waals surface area contributed by atoms with Crippen LogP contribution in [0, 0.1) is 0 Å². The van der Waals surface area contributed by atoms with E-state index in [1.54, 1.807) is 6.07 Å². The highest BCUT2D eigenvalue weighted by molar-refractivity contribution is 9.10. The summed E-state index contributed by atoms with van der Waals surface area (Å²) in [4.78, 5) is 4.36. The van der Waals surface area contributed by atoms with E-state index in [4.69, 9.17) is 23.2 Å². The van der Waals surface area contributed by atoms with E-state index in [0.29, 0.717) is 5.02 Å². The van der Waals surface area contributed by atoms with E-state index in [1.807, 2.05) is 30.3 Å². The molecule has 1 aromatic carbocycles. The maximum atomic E-state index is 6.12. The zero-order valence-corrected chi connectivity index (χ0v) is 13.3. The Morgan fingerprint density at radius 2 is 2.00 bits per heavy atom. The average Bonchev–Trinajstić information content (AvgIpc) is 2.37. The molecule has 2 aromatic rings. The van der Waals surface area contributed by atoms with Crippen molar-refractivity contribution in [3.05, 3.63) is 62.3 Å². The van der Waals surface area contributed by atoms with Gasteiger partial charge in [0.15, 0.2) is 0 Å². The van der Waals surface area contributed by atoms with Crippen LogP contribution >= 0.6 is 39.1 Å². The van der Waals surface area contributed by atoms with Crippen molar-refractivity contribution in [1.82, 2.24) is 10.3 Å². The summed E-state index contributed by atoms with van der Waals surface area (Å²) in [7, 11) is 0. The lowest BCUT2D eigenvalue weighted by molar-refractivity contribution is 0.674. The first-order valence-electron chi connectivity index (χ1n) is 5.91. The lowest BCUT2D eigenvalue weighted by Gasteiger charge is -2.07. The van der Waals surface area contributed by atoms with Crippen LogP contribution in [-0.4, -0.2) is 11.5 Å². The first-order chi connectivity index (χ1) is 9.15. The third kappa shape index (κ3) is 4.77.